The molecule has 2 N–H and O–H groups in total. The molecule has 2 saturated heterocycles. The van der Waals surface area contributed by atoms with E-state index < -0.39 is 0 Å². The SMILES string of the molecule is CCN1CCCC(CO)(N2CCNCC2)CC1. The standard InChI is InChI=1S/C13H27N3O/c1-2-15-8-3-4-13(12-17,5-9-15)16-10-6-14-7-11-16/h14,17H,2-12H2,1H3. The van der Waals surface area contributed by atoms with Gasteiger partial charge in [0.1, 0.15) is 0 Å². The molecule has 0 aromatic heterocycles. The van der Waals surface area contributed by atoms with Gasteiger partial charge in [-0.3, -0.25) is 4.90 Å². The molecule has 0 spiro atoms. The number of aliphatic hydroxyl groups is 1. The lowest BCUT2D eigenvalue weighted by atomic mass is 9.88. The van der Waals surface area contributed by atoms with Gasteiger partial charge in [0.05, 0.1) is 6.61 Å². The highest BCUT2D eigenvalue weighted by molar-refractivity contribution is 4.94. The number of nitrogens with one attached hydrogen (secondary N) is 1. The Morgan fingerprint density at radius 1 is 1.12 bits per heavy atom. The van der Waals surface area contributed by atoms with E-state index in [0.29, 0.717) is 6.61 Å². The Hall–Kier alpha value is -0.160. The molecule has 0 aromatic carbocycles. The summed E-state index contributed by atoms with van der Waals surface area (Å²) in [6.07, 6.45) is 3.50. The van der Waals surface area contributed by atoms with Crippen molar-refractivity contribution in [3.05, 3.63) is 0 Å². The zero-order chi connectivity index (χ0) is 12.1. The minimum Gasteiger partial charge on any atom is -0.394 e. The van der Waals surface area contributed by atoms with Crippen LogP contribution in [0, 0.1) is 0 Å². The summed E-state index contributed by atoms with van der Waals surface area (Å²) in [6, 6.07) is 0. The van der Waals surface area contributed by atoms with Crippen LogP contribution >= 0.6 is 0 Å². The lowest BCUT2D eigenvalue weighted by Gasteiger charge is -2.44. The summed E-state index contributed by atoms with van der Waals surface area (Å²) in [5.41, 5.74) is 0.0615. The summed E-state index contributed by atoms with van der Waals surface area (Å²) in [5, 5.41) is 13.3. The second-order valence-corrected chi connectivity index (χ2v) is 5.41. The fraction of sp³-hybridized carbons (Fsp3) is 1.00. The van der Waals surface area contributed by atoms with Crippen LogP contribution in [0.5, 0.6) is 0 Å². The maximum absolute atomic E-state index is 9.90. The molecule has 1 atom stereocenters. The van der Waals surface area contributed by atoms with Crippen LogP contribution in [0.25, 0.3) is 0 Å². The zero-order valence-corrected chi connectivity index (χ0v) is 11.1. The van der Waals surface area contributed by atoms with E-state index in [1.807, 2.05) is 0 Å². The number of piperazine rings is 1. The molecule has 100 valence electrons. The molecule has 0 bridgehead atoms. The molecule has 0 saturated carbocycles. The number of hydrogen-bond acceptors (Lipinski definition) is 4. The van der Waals surface area contributed by atoms with E-state index in [-0.39, 0.29) is 5.54 Å². The highest BCUT2D eigenvalue weighted by Crippen LogP contribution is 2.29. The van der Waals surface area contributed by atoms with Gasteiger partial charge in [-0.25, -0.2) is 0 Å². The zero-order valence-electron chi connectivity index (χ0n) is 11.1. The fourth-order valence-corrected chi connectivity index (χ4v) is 3.26. The van der Waals surface area contributed by atoms with Gasteiger partial charge in [-0.05, 0) is 38.9 Å². The second-order valence-electron chi connectivity index (χ2n) is 5.41. The molecule has 2 rings (SSSR count). The molecule has 0 radical (unpaired) electrons. The maximum Gasteiger partial charge on any atom is 0.0615 e. The van der Waals surface area contributed by atoms with Crippen LogP contribution in [0.4, 0.5) is 0 Å². The third-order valence-electron chi connectivity index (χ3n) is 4.54. The van der Waals surface area contributed by atoms with Gasteiger partial charge in [-0.2, -0.15) is 0 Å². The van der Waals surface area contributed by atoms with Crippen molar-refractivity contribution in [3.63, 3.8) is 0 Å². The average molecular weight is 241 g/mol. The van der Waals surface area contributed by atoms with E-state index in [4.69, 9.17) is 0 Å². The van der Waals surface area contributed by atoms with Crippen molar-refractivity contribution in [2.75, 3.05) is 52.4 Å². The van der Waals surface area contributed by atoms with Crippen LogP contribution in [0.1, 0.15) is 26.2 Å². The molecular weight excluding hydrogens is 214 g/mol. The van der Waals surface area contributed by atoms with Gasteiger partial charge >= 0.3 is 0 Å². The number of rotatable bonds is 3. The quantitative estimate of drug-likeness (QED) is 0.737. The van der Waals surface area contributed by atoms with Crippen molar-refractivity contribution in [2.24, 2.45) is 0 Å². The van der Waals surface area contributed by atoms with Crippen LogP contribution in [-0.2, 0) is 0 Å². The van der Waals surface area contributed by atoms with E-state index in [9.17, 15) is 5.11 Å². The molecule has 2 aliphatic heterocycles. The summed E-state index contributed by atoms with van der Waals surface area (Å²) in [6.45, 7) is 10.4. The topological polar surface area (TPSA) is 38.7 Å². The first-order valence-electron chi connectivity index (χ1n) is 7.10. The Morgan fingerprint density at radius 2 is 1.88 bits per heavy atom. The Labute approximate surface area is 105 Å². The summed E-state index contributed by atoms with van der Waals surface area (Å²) < 4.78 is 0. The van der Waals surface area contributed by atoms with E-state index in [1.54, 1.807) is 0 Å². The van der Waals surface area contributed by atoms with Gasteiger partial charge in [0.2, 0.25) is 0 Å². The normalized spacial score (nSPS) is 33.5. The molecule has 0 aliphatic carbocycles. The maximum atomic E-state index is 9.90. The first-order chi connectivity index (χ1) is 8.30. The molecule has 0 aromatic rings. The summed E-state index contributed by atoms with van der Waals surface area (Å²) >= 11 is 0. The van der Waals surface area contributed by atoms with Crippen LogP contribution in [-0.4, -0.2) is 72.9 Å². The van der Waals surface area contributed by atoms with E-state index in [1.165, 1.54) is 13.0 Å². The number of aliphatic hydroxyl groups excluding tert-OH is 1. The van der Waals surface area contributed by atoms with Crippen LogP contribution in [0.15, 0.2) is 0 Å². The molecule has 1 unspecified atom stereocenters. The van der Waals surface area contributed by atoms with Crippen LogP contribution in [0.3, 0.4) is 0 Å². The largest absolute Gasteiger partial charge is 0.394 e. The molecule has 2 heterocycles. The Kier molecular flexibility index (Phi) is 4.79. The number of likely N-dealkylation sites (tertiary alicyclic amines) is 1. The van der Waals surface area contributed by atoms with E-state index >= 15 is 0 Å². The molecule has 2 fully saturated rings. The van der Waals surface area contributed by atoms with Crippen molar-refractivity contribution in [3.8, 4) is 0 Å². The van der Waals surface area contributed by atoms with Gasteiger partial charge in [-0.15, -0.1) is 0 Å². The molecule has 17 heavy (non-hydrogen) atoms. The lowest BCUT2D eigenvalue weighted by Crippen LogP contribution is -2.58. The third-order valence-corrected chi connectivity index (χ3v) is 4.54. The van der Waals surface area contributed by atoms with Crippen LogP contribution < -0.4 is 5.32 Å². The van der Waals surface area contributed by atoms with Crippen molar-refractivity contribution in [1.82, 2.24) is 15.1 Å². The van der Waals surface area contributed by atoms with Gasteiger partial charge in [-0.1, -0.05) is 6.92 Å². The fourth-order valence-electron chi connectivity index (χ4n) is 3.26. The molecule has 4 heteroatoms. The Morgan fingerprint density at radius 3 is 2.53 bits per heavy atom. The van der Waals surface area contributed by atoms with Crippen molar-refractivity contribution in [2.45, 2.75) is 31.7 Å². The second kappa shape index (κ2) is 6.14. The number of hydrogen-bond donors (Lipinski definition) is 2. The smallest absolute Gasteiger partial charge is 0.0615 e. The summed E-state index contributed by atoms with van der Waals surface area (Å²) in [5.74, 6) is 0. The van der Waals surface area contributed by atoms with Crippen molar-refractivity contribution < 1.29 is 5.11 Å². The van der Waals surface area contributed by atoms with Crippen LogP contribution in [0.2, 0.25) is 0 Å². The first kappa shape index (κ1) is 13.3. The van der Waals surface area contributed by atoms with Crippen molar-refractivity contribution in [1.29, 1.82) is 0 Å². The minimum absolute atomic E-state index is 0.0615. The Bertz CT molecular complexity index is 231. The molecular formula is C13H27N3O. The van der Waals surface area contributed by atoms with E-state index in [2.05, 4.69) is 22.0 Å². The summed E-state index contributed by atoms with van der Waals surface area (Å²) in [7, 11) is 0. The first-order valence-corrected chi connectivity index (χ1v) is 7.10. The number of nitrogens with zero attached hydrogens (tertiary/aromatic N) is 2. The predicted molar refractivity (Wildman–Crippen MR) is 70.2 cm³/mol. The third kappa shape index (κ3) is 2.99. The Balaban J connectivity index is 2.01. The van der Waals surface area contributed by atoms with Gasteiger partial charge in [0, 0.05) is 31.7 Å². The molecule has 0 amide bonds. The van der Waals surface area contributed by atoms with Gasteiger partial charge in [0.15, 0.2) is 0 Å². The highest BCUT2D eigenvalue weighted by Gasteiger charge is 2.37. The monoisotopic (exact) mass is 241 g/mol. The summed E-state index contributed by atoms with van der Waals surface area (Å²) in [4.78, 5) is 5.04. The molecule has 4 nitrogen and oxygen atoms in total. The average Bonchev–Trinajstić information content (AvgIpc) is 2.62. The highest BCUT2D eigenvalue weighted by atomic mass is 16.3. The lowest BCUT2D eigenvalue weighted by molar-refractivity contribution is 0.00943. The minimum atomic E-state index is 0.0615. The van der Waals surface area contributed by atoms with Crippen molar-refractivity contribution >= 4 is 0 Å². The van der Waals surface area contributed by atoms with Gasteiger partial charge in [0.25, 0.3) is 0 Å². The predicted octanol–water partition coefficient (Wildman–Crippen LogP) is 0.129. The van der Waals surface area contributed by atoms with E-state index in [0.717, 1.165) is 52.1 Å². The van der Waals surface area contributed by atoms with Gasteiger partial charge < -0.3 is 15.3 Å². The molecule has 2 aliphatic rings.